The fraction of sp³-hybridized carbons (Fsp3) is 0.571. The number of anilines is 1. The van der Waals surface area contributed by atoms with Crippen molar-refractivity contribution in [3.63, 3.8) is 0 Å². The summed E-state index contributed by atoms with van der Waals surface area (Å²) in [6.45, 7) is 3.57. The van der Waals surface area contributed by atoms with E-state index in [1.165, 1.54) is 25.2 Å². The summed E-state index contributed by atoms with van der Waals surface area (Å²) in [4.78, 5) is 4.75. The van der Waals surface area contributed by atoms with Gasteiger partial charge in [-0.15, -0.1) is 11.6 Å². The quantitative estimate of drug-likeness (QED) is 0.778. The highest BCUT2D eigenvalue weighted by Gasteiger charge is 2.20. The first-order chi connectivity index (χ1) is 8.60. The molecular weight excluding hydrogens is 312 g/mol. The van der Waals surface area contributed by atoms with Crippen LogP contribution >= 0.6 is 27.5 Å². The molecule has 1 fully saturated rings. The molecule has 2 rings (SSSR count). The normalized spacial score (nSPS) is 20.3. The summed E-state index contributed by atoms with van der Waals surface area (Å²) >= 11 is 9.45. The molecular formula is C14H20BrClN2. The molecule has 0 aliphatic carbocycles. The molecule has 1 aromatic carbocycles. The van der Waals surface area contributed by atoms with E-state index in [9.17, 15) is 0 Å². The van der Waals surface area contributed by atoms with Crippen molar-refractivity contribution in [3.8, 4) is 0 Å². The Morgan fingerprint density at radius 3 is 2.83 bits per heavy atom. The third-order valence-electron chi connectivity index (χ3n) is 3.64. The zero-order chi connectivity index (χ0) is 13.1. The molecule has 0 bridgehead atoms. The van der Waals surface area contributed by atoms with Crippen molar-refractivity contribution in [2.24, 2.45) is 5.92 Å². The van der Waals surface area contributed by atoms with Gasteiger partial charge in [0.25, 0.3) is 0 Å². The molecule has 0 amide bonds. The highest BCUT2D eigenvalue weighted by atomic mass is 79.9. The largest absolute Gasteiger partial charge is 0.374 e. The Bertz CT molecular complexity index is 411. The molecule has 1 atom stereocenters. The van der Waals surface area contributed by atoms with E-state index in [1.54, 1.807) is 0 Å². The van der Waals surface area contributed by atoms with Crippen LogP contribution in [0.15, 0.2) is 22.7 Å². The maximum Gasteiger partial charge on any atom is 0.0485 e. The lowest BCUT2D eigenvalue weighted by molar-refractivity contribution is 0.396. The van der Waals surface area contributed by atoms with Gasteiger partial charge in [-0.3, -0.25) is 0 Å². The summed E-state index contributed by atoms with van der Waals surface area (Å²) in [5, 5.41) is 0. The molecule has 0 spiro atoms. The Labute approximate surface area is 123 Å². The number of likely N-dealkylation sites (tertiary alicyclic amines) is 1. The smallest absolute Gasteiger partial charge is 0.0485 e. The molecule has 0 saturated carbocycles. The Kier molecular flexibility index (Phi) is 4.93. The number of alkyl halides is 1. The molecule has 0 N–H and O–H groups in total. The van der Waals surface area contributed by atoms with Crippen molar-refractivity contribution in [2.45, 2.75) is 12.3 Å². The molecule has 1 aliphatic heterocycles. The van der Waals surface area contributed by atoms with Gasteiger partial charge in [0.2, 0.25) is 0 Å². The van der Waals surface area contributed by atoms with Gasteiger partial charge in [0.05, 0.1) is 0 Å². The third kappa shape index (κ3) is 3.40. The van der Waals surface area contributed by atoms with Crippen LogP contribution in [-0.4, -0.2) is 38.6 Å². The fourth-order valence-electron chi connectivity index (χ4n) is 2.55. The molecule has 100 valence electrons. The highest BCUT2D eigenvalue weighted by Crippen LogP contribution is 2.26. The van der Waals surface area contributed by atoms with Gasteiger partial charge in [-0.2, -0.15) is 0 Å². The third-order valence-corrected chi connectivity index (χ3v) is 4.67. The molecule has 2 nitrogen and oxygen atoms in total. The van der Waals surface area contributed by atoms with Gasteiger partial charge in [0, 0.05) is 36.2 Å². The van der Waals surface area contributed by atoms with Gasteiger partial charge in [-0.1, -0.05) is 22.0 Å². The van der Waals surface area contributed by atoms with Gasteiger partial charge in [-0.05, 0) is 43.6 Å². The van der Waals surface area contributed by atoms with E-state index in [2.05, 4.69) is 58.0 Å². The van der Waals surface area contributed by atoms with Crippen LogP contribution in [0.1, 0.15) is 12.0 Å². The standard InChI is InChI=1S/C14H20BrClN2/c1-17-6-5-11(9-17)10-18(2)13-4-3-12(8-16)14(15)7-13/h3-4,7,11H,5-6,8-10H2,1-2H3. The molecule has 1 saturated heterocycles. The number of hydrogen-bond acceptors (Lipinski definition) is 2. The van der Waals surface area contributed by atoms with E-state index in [-0.39, 0.29) is 0 Å². The Morgan fingerprint density at radius 2 is 2.28 bits per heavy atom. The summed E-state index contributed by atoms with van der Waals surface area (Å²) in [5.41, 5.74) is 2.40. The van der Waals surface area contributed by atoms with Crippen LogP contribution in [0, 0.1) is 5.92 Å². The van der Waals surface area contributed by atoms with Gasteiger partial charge in [-0.25, -0.2) is 0 Å². The van der Waals surface area contributed by atoms with Crippen molar-refractivity contribution >= 4 is 33.2 Å². The van der Waals surface area contributed by atoms with E-state index in [0.717, 1.165) is 22.5 Å². The monoisotopic (exact) mass is 330 g/mol. The Balaban J connectivity index is 2.00. The van der Waals surface area contributed by atoms with Crippen molar-refractivity contribution in [1.82, 2.24) is 4.90 Å². The first-order valence-corrected chi connectivity index (χ1v) is 7.67. The van der Waals surface area contributed by atoms with Gasteiger partial charge in [0.15, 0.2) is 0 Å². The summed E-state index contributed by atoms with van der Waals surface area (Å²) in [7, 11) is 4.37. The highest BCUT2D eigenvalue weighted by molar-refractivity contribution is 9.10. The van der Waals surface area contributed by atoms with E-state index < -0.39 is 0 Å². The van der Waals surface area contributed by atoms with Crippen LogP contribution in [0.5, 0.6) is 0 Å². The first kappa shape index (κ1) is 14.2. The second-order valence-corrected chi connectivity index (χ2v) is 6.33. The Morgan fingerprint density at radius 1 is 1.50 bits per heavy atom. The topological polar surface area (TPSA) is 6.48 Å². The van der Waals surface area contributed by atoms with Crippen LogP contribution < -0.4 is 4.90 Å². The molecule has 1 heterocycles. The lowest BCUT2D eigenvalue weighted by Crippen LogP contribution is -2.27. The number of nitrogens with zero attached hydrogens (tertiary/aromatic N) is 2. The van der Waals surface area contributed by atoms with E-state index in [1.807, 2.05) is 0 Å². The van der Waals surface area contributed by atoms with Gasteiger partial charge < -0.3 is 9.80 Å². The second kappa shape index (κ2) is 6.27. The van der Waals surface area contributed by atoms with Crippen molar-refractivity contribution < 1.29 is 0 Å². The minimum absolute atomic E-state index is 0.554. The maximum atomic E-state index is 5.87. The molecule has 1 unspecified atom stereocenters. The second-order valence-electron chi connectivity index (χ2n) is 5.21. The molecule has 18 heavy (non-hydrogen) atoms. The molecule has 1 aromatic rings. The maximum absolute atomic E-state index is 5.87. The number of rotatable bonds is 4. The summed E-state index contributed by atoms with van der Waals surface area (Å²) in [6, 6.07) is 6.42. The predicted octanol–water partition coefficient (Wildman–Crippen LogP) is 3.58. The molecule has 0 aromatic heterocycles. The Hall–Kier alpha value is -0.250. The number of halogens is 2. The van der Waals surface area contributed by atoms with Crippen LogP contribution in [0.4, 0.5) is 5.69 Å². The summed E-state index contributed by atoms with van der Waals surface area (Å²) in [5.74, 6) is 1.34. The average molecular weight is 332 g/mol. The van der Waals surface area contributed by atoms with Crippen molar-refractivity contribution in [3.05, 3.63) is 28.2 Å². The van der Waals surface area contributed by atoms with Crippen molar-refractivity contribution in [1.29, 1.82) is 0 Å². The first-order valence-electron chi connectivity index (χ1n) is 6.34. The van der Waals surface area contributed by atoms with E-state index in [0.29, 0.717) is 5.88 Å². The minimum Gasteiger partial charge on any atom is -0.374 e. The van der Waals surface area contributed by atoms with Gasteiger partial charge >= 0.3 is 0 Å². The van der Waals surface area contributed by atoms with Crippen LogP contribution in [0.3, 0.4) is 0 Å². The average Bonchev–Trinajstić information content (AvgIpc) is 2.74. The zero-order valence-electron chi connectivity index (χ0n) is 11.0. The lowest BCUT2D eigenvalue weighted by Gasteiger charge is -2.23. The van der Waals surface area contributed by atoms with Crippen LogP contribution in [0.25, 0.3) is 0 Å². The molecule has 4 heteroatoms. The predicted molar refractivity (Wildman–Crippen MR) is 82.6 cm³/mol. The SMILES string of the molecule is CN1CCC(CN(C)c2ccc(CCl)c(Br)c2)C1. The summed E-state index contributed by atoms with van der Waals surface area (Å²) in [6.07, 6.45) is 1.31. The van der Waals surface area contributed by atoms with E-state index in [4.69, 9.17) is 11.6 Å². The summed E-state index contributed by atoms with van der Waals surface area (Å²) < 4.78 is 1.10. The zero-order valence-corrected chi connectivity index (χ0v) is 13.3. The van der Waals surface area contributed by atoms with Crippen molar-refractivity contribution in [2.75, 3.05) is 38.6 Å². The van der Waals surface area contributed by atoms with Gasteiger partial charge in [0.1, 0.15) is 0 Å². The lowest BCUT2D eigenvalue weighted by atomic mass is 10.1. The minimum atomic E-state index is 0.554. The number of hydrogen-bond donors (Lipinski definition) is 0. The van der Waals surface area contributed by atoms with E-state index >= 15 is 0 Å². The molecule has 1 aliphatic rings. The van der Waals surface area contributed by atoms with Crippen LogP contribution in [-0.2, 0) is 5.88 Å². The number of benzene rings is 1. The molecule has 0 radical (unpaired) electrons. The van der Waals surface area contributed by atoms with Crippen LogP contribution in [0.2, 0.25) is 0 Å². The fourth-order valence-corrected chi connectivity index (χ4v) is 3.45.